The first-order valence-electron chi connectivity index (χ1n) is 5.81. The number of rotatable bonds is 3. The summed E-state index contributed by atoms with van der Waals surface area (Å²) in [6, 6.07) is 4.46. The van der Waals surface area contributed by atoms with Gasteiger partial charge < -0.3 is 10.7 Å². The summed E-state index contributed by atoms with van der Waals surface area (Å²) in [7, 11) is 0. The van der Waals surface area contributed by atoms with Crippen LogP contribution in [0.3, 0.4) is 0 Å². The zero-order valence-corrected chi connectivity index (χ0v) is 10.7. The zero-order valence-electron chi connectivity index (χ0n) is 10.7. The number of H-pyrrole nitrogens is 1. The largest absolute Gasteiger partial charge is 0.342 e. The molecule has 1 aromatic heterocycles. The zero-order chi connectivity index (χ0) is 13.6. The van der Waals surface area contributed by atoms with E-state index in [2.05, 4.69) is 9.97 Å². The fraction of sp³-hybridized carbons (Fsp3) is 0.462. The number of alkyl halides is 2. The molecule has 2 aromatic rings. The quantitative estimate of drug-likeness (QED) is 0.883. The van der Waals surface area contributed by atoms with E-state index in [9.17, 15) is 8.78 Å². The van der Waals surface area contributed by atoms with Gasteiger partial charge in [0.15, 0.2) is 0 Å². The lowest BCUT2D eigenvalue weighted by Crippen LogP contribution is -2.38. The number of halogens is 2. The number of fused-ring (bicyclic) bond motifs is 1. The van der Waals surface area contributed by atoms with Crippen LogP contribution in [0, 0.1) is 6.92 Å². The number of imidazole rings is 1. The number of nitrogens with one attached hydrogen (secondary N) is 1. The average molecular weight is 253 g/mol. The maximum Gasteiger partial charge on any atom is 0.275 e. The lowest BCUT2D eigenvalue weighted by molar-refractivity contribution is -0.0294. The van der Waals surface area contributed by atoms with Gasteiger partial charge in [0, 0.05) is 17.5 Å². The van der Waals surface area contributed by atoms with Crippen molar-refractivity contribution in [3.05, 3.63) is 29.6 Å². The summed E-state index contributed by atoms with van der Waals surface area (Å²) in [5.41, 5.74) is 6.05. The van der Waals surface area contributed by atoms with Crippen molar-refractivity contribution in [2.24, 2.45) is 5.73 Å². The molecule has 0 atom stereocenters. The predicted molar refractivity (Wildman–Crippen MR) is 67.6 cm³/mol. The fourth-order valence-corrected chi connectivity index (χ4v) is 2.04. The van der Waals surface area contributed by atoms with E-state index < -0.39 is 17.9 Å². The van der Waals surface area contributed by atoms with E-state index in [0.717, 1.165) is 0 Å². The molecule has 98 valence electrons. The van der Waals surface area contributed by atoms with E-state index >= 15 is 0 Å². The molecule has 3 nitrogen and oxygen atoms in total. The molecule has 0 aliphatic carbocycles. The number of hydrogen-bond acceptors (Lipinski definition) is 2. The standard InChI is InChI=1S/C13H17F2N3/c1-8-17-10-5-4-9(6-11(10)18-8)13(14,15)7-12(2,3)16/h4-6H,7,16H2,1-3H3,(H,17,18). The number of aromatic amines is 1. The number of hydrogen-bond donors (Lipinski definition) is 2. The molecule has 0 aliphatic heterocycles. The van der Waals surface area contributed by atoms with Crippen LogP contribution in [0.15, 0.2) is 18.2 Å². The van der Waals surface area contributed by atoms with Crippen LogP contribution >= 0.6 is 0 Å². The van der Waals surface area contributed by atoms with Crippen molar-refractivity contribution in [2.45, 2.75) is 38.7 Å². The molecule has 1 heterocycles. The van der Waals surface area contributed by atoms with Gasteiger partial charge in [-0.05, 0) is 32.9 Å². The number of aryl methyl sites for hydroxylation is 1. The Hall–Kier alpha value is -1.49. The third-order valence-corrected chi connectivity index (χ3v) is 2.70. The summed E-state index contributed by atoms with van der Waals surface area (Å²) in [6.45, 7) is 4.99. The van der Waals surface area contributed by atoms with Gasteiger partial charge in [0.1, 0.15) is 5.82 Å². The molecule has 3 N–H and O–H groups in total. The van der Waals surface area contributed by atoms with E-state index in [4.69, 9.17) is 5.73 Å². The van der Waals surface area contributed by atoms with Crippen LogP contribution in [0.25, 0.3) is 11.0 Å². The van der Waals surface area contributed by atoms with Crippen LogP contribution in [0.4, 0.5) is 8.78 Å². The van der Waals surface area contributed by atoms with E-state index in [1.165, 1.54) is 12.1 Å². The van der Waals surface area contributed by atoms with Crippen LogP contribution < -0.4 is 5.73 Å². The molecule has 0 amide bonds. The van der Waals surface area contributed by atoms with Crippen LogP contribution in [0.2, 0.25) is 0 Å². The highest BCUT2D eigenvalue weighted by molar-refractivity contribution is 5.76. The Bertz CT molecular complexity index is 567. The first-order chi connectivity index (χ1) is 8.17. The second-order valence-electron chi connectivity index (χ2n) is 5.42. The van der Waals surface area contributed by atoms with Gasteiger partial charge in [-0.1, -0.05) is 6.07 Å². The summed E-state index contributed by atoms with van der Waals surface area (Å²) in [6.07, 6.45) is -0.390. The van der Waals surface area contributed by atoms with Gasteiger partial charge in [-0.2, -0.15) is 0 Å². The van der Waals surface area contributed by atoms with Crippen molar-refractivity contribution in [3.8, 4) is 0 Å². The molecule has 0 bridgehead atoms. The highest BCUT2D eigenvalue weighted by Gasteiger charge is 2.36. The minimum absolute atomic E-state index is 0.0304. The van der Waals surface area contributed by atoms with Crippen LogP contribution in [-0.2, 0) is 5.92 Å². The first-order valence-corrected chi connectivity index (χ1v) is 5.81. The Morgan fingerprint density at radius 2 is 2.00 bits per heavy atom. The van der Waals surface area contributed by atoms with E-state index in [1.54, 1.807) is 26.8 Å². The van der Waals surface area contributed by atoms with Crippen molar-refractivity contribution in [1.82, 2.24) is 9.97 Å². The molecule has 0 radical (unpaired) electrons. The molecule has 0 saturated heterocycles. The van der Waals surface area contributed by atoms with Crippen molar-refractivity contribution < 1.29 is 8.78 Å². The lowest BCUT2D eigenvalue weighted by atomic mass is 9.93. The normalized spacial score (nSPS) is 13.2. The Morgan fingerprint density at radius 3 is 2.61 bits per heavy atom. The summed E-state index contributed by atoms with van der Waals surface area (Å²) < 4.78 is 28.1. The maximum atomic E-state index is 14.1. The van der Waals surface area contributed by atoms with Gasteiger partial charge in [-0.25, -0.2) is 13.8 Å². The molecule has 5 heteroatoms. The van der Waals surface area contributed by atoms with Crippen LogP contribution in [0.1, 0.15) is 31.7 Å². The van der Waals surface area contributed by atoms with Crippen molar-refractivity contribution in [2.75, 3.05) is 0 Å². The van der Waals surface area contributed by atoms with Crippen molar-refractivity contribution in [3.63, 3.8) is 0 Å². The van der Waals surface area contributed by atoms with Crippen LogP contribution in [0.5, 0.6) is 0 Å². The van der Waals surface area contributed by atoms with Gasteiger partial charge in [-0.3, -0.25) is 0 Å². The Balaban J connectivity index is 2.40. The number of aromatic nitrogens is 2. The van der Waals surface area contributed by atoms with E-state index in [0.29, 0.717) is 16.9 Å². The molecular weight excluding hydrogens is 236 g/mol. The summed E-state index contributed by atoms with van der Waals surface area (Å²) >= 11 is 0. The second-order valence-corrected chi connectivity index (χ2v) is 5.42. The summed E-state index contributed by atoms with van der Waals surface area (Å²) in [4.78, 5) is 7.14. The molecule has 0 saturated carbocycles. The summed E-state index contributed by atoms with van der Waals surface area (Å²) in [5, 5.41) is 0. The van der Waals surface area contributed by atoms with Crippen molar-refractivity contribution >= 4 is 11.0 Å². The molecular formula is C13H17F2N3. The molecule has 0 spiro atoms. The highest BCUT2D eigenvalue weighted by atomic mass is 19.3. The van der Waals surface area contributed by atoms with Gasteiger partial charge in [-0.15, -0.1) is 0 Å². The third-order valence-electron chi connectivity index (χ3n) is 2.70. The molecule has 0 unspecified atom stereocenters. The molecule has 0 fully saturated rings. The number of nitrogens with two attached hydrogens (primary N) is 1. The average Bonchev–Trinajstić information content (AvgIpc) is 2.52. The number of nitrogens with zero attached hydrogens (tertiary/aromatic N) is 1. The molecule has 1 aromatic carbocycles. The third kappa shape index (κ3) is 2.67. The Labute approximate surface area is 104 Å². The van der Waals surface area contributed by atoms with Gasteiger partial charge in [0.25, 0.3) is 5.92 Å². The number of benzene rings is 1. The first kappa shape index (κ1) is 13.0. The maximum absolute atomic E-state index is 14.1. The molecule has 2 rings (SSSR count). The summed E-state index contributed by atoms with van der Waals surface area (Å²) in [5.74, 6) is -2.23. The van der Waals surface area contributed by atoms with E-state index in [1.807, 2.05) is 0 Å². The second kappa shape index (κ2) is 4.02. The SMILES string of the molecule is Cc1nc2ccc(C(F)(F)CC(C)(C)N)cc2[nH]1. The highest BCUT2D eigenvalue weighted by Crippen LogP contribution is 2.36. The predicted octanol–water partition coefficient (Wildman–Crippen LogP) is 3.09. The Morgan fingerprint density at radius 1 is 1.33 bits per heavy atom. The van der Waals surface area contributed by atoms with Gasteiger partial charge in [0.2, 0.25) is 0 Å². The monoisotopic (exact) mass is 253 g/mol. The molecule has 18 heavy (non-hydrogen) atoms. The minimum atomic E-state index is -2.94. The van der Waals surface area contributed by atoms with E-state index in [-0.39, 0.29) is 5.56 Å². The Kier molecular flexibility index (Phi) is 2.89. The van der Waals surface area contributed by atoms with Gasteiger partial charge in [0.05, 0.1) is 11.0 Å². The lowest BCUT2D eigenvalue weighted by Gasteiger charge is -2.25. The molecule has 0 aliphatic rings. The fourth-order valence-electron chi connectivity index (χ4n) is 2.04. The van der Waals surface area contributed by atoms with Crippen LogP contribution in [-0.4, -0.2) is 15.5 Å². The van der Waals surface area contributed by atoms with Crippen molar-refractivity contribution in [1.29, 1.82) is 0 Å². The smallest absolute Gasteiger partial charge is 0.275 e. The van der Waals surface area contributed by atoms with Gasteiger partial charge >= 0.3 is 0 Å². The topological polar surface area (TPSA) is 54.7 Å². The minimum Gasteiger partial charge on any atom is -0.342 e.